The summed E-state index contributed by atoms with van der Waals surface area (Å²) in [6.45, 7) is 10.8. The minimum Gasteiger partial charge on any atom is -0.103 e. The van der Waals surface area contributed by atoms with Crippen molar-refractivity contribution >= 4 is 0 Å². The molecule has 0 saturated carbocycles. The first-order valence-electron chi connectivity index (χ1n) is 2.90. The van der Waals surface area contributed by atoms with E-state index in [0.717, 1.165) is 12.0 Å². The maximum atomic E-state index is 3.63. The molecular weight excluding hydrogens is 108 g/mol. The van der Waals surface area contributed by atoms with Crippen molar-refractivity contribution in [2.45, 2.75) is 6.42 Å². The summed E-state index contributed by atoms with van der Waals surface area (Å²) in [4.78, 5) is 0. The summed E-state index contributed by atoms with van der Waals surface area (Å²) in [6.07, 6.45) is 8.20. The zero-order chi connectivity index (χ0) is 7.11. The minimum atomic E-state index is 0.871. The first-order chi connectivity index (χ1) is 4.35. The van der Waals surface area contributed by atoms with Crippen LogP contribution < -0.4 is 0 Å². The summed E-state index contributed by atoms with van der Waals surface area (Å²) in [5, 5.41) is 0. The fraction of sp³-hybridized carbons (Fsp3) is 0.111. The van der Waals surface area contributed by atoms with Crippen molar-refractivity contribution in [3.05, 3.63) is 49.6 Å². The predicted octanol–water partition coefficient (Wildman–Crippen LogP) is 2.86. The Labute approximate surface area is 56.9 Å². The van der Waals surface area contributed by atoms with E-state index in [1.165, 1.54) is 0 Å². The van der Waals surface area contributed by atoms with Gasteiger partial charge >= 0.3 is 0 Å². The van der Waals surface area contributed by atoms with E-state index in [0.29, 0.717) is 0 Å². The number of hydrogen-bond acceptors (Lipinski definition) is 0. The van der Waals surface area contributed by atoms with Crippen LogP contribution in [0.3, 0.4) is 0 Å². The van der Waals surface area contributed by atoms with Crippen LogP contribution >= 0.6 is 0 Å². The molecule has 0 nitrogen and oxygen atoms in total. The minimum absolute atomic E-state index is 0.871. The first kappa shape index (κ1) is 7.96. The monoisotopic (exact) mass is 120 g/mol. The van der Waals surface area contributed by atoms with Crippen LogP contribution in [0.5, 0.6) is 0 Å². The van der Waals surface area contributed by atoms with E-state index >= 15 is 0 Å². The molecule has 0 aliphatic rings. The highest BCUT2D eigenvalue weighted by Gasteiger charge is 1.81. The largest absolute Gasteiger partial charge is 0.103 e. The second-order valence-electron chi connectivity index (χ2n) is 1.67. The van der Waals surface area contributed by atoms with Gasteiger partial charge in [-0.15, -0.1) is 6.58 Å². The van der Waals surface area contributed by atoms with Gasteiger partial charge in [0.15, 0.2) is 0 Å². The molecule has 0 fully saturated rings. The fourth-order valence-corrected chi connectivity index (χ4v) is 0.537. The van der Waals surface area contributed by atoms with E-state index in [1.807, 2.05) is 18.2 Å². The molecule has 0 rings (SSSR count). The second-order valence-corrected chi connectivity index (χ2v) is 1.67. The molecule has 0 aromatic carbocycles. The molecule has 0 heterocycles. The molecule has 0 atom stereocenters. The highest BCUT2D eigenvalue weighted by Crippen LogP contribution is 2.01. The smallest absolute Gasteiger partial charge is 0.0100 e. The van der Waals surface area contributed by atoms with E-state index in [1.54, 1.807) is 6.08 Å². The summed E-state index contributed by atoms with van der Waals surface area (Å²) in [5.74, 6) is 0. The molecule has 0 aromatic heterocycles. The van der Waals surface area contributed by atoms with Crippen molar-refractivity contribution in [3.8, 4) is 0 Å². The van der Waals surface area contributed by atoms with Gasteiger partial charge in [-0.3, -0.25) is 0 Å². The highest BCUT2D eigenvalue weighted by atomic mass is 13.9. The van der Waals surface area contributed by atoms with Gasteiger partial charge in [0.05, 0.1) is 0 Å². The van der Waals surface area contributed by atoms with Crippen molar-refractivity contribution in [2.24, 2.45) is 0 Å². The molecule has 0 unspecified atom stereocenters. The van der Waals surface area contributed by atoms with Gasteiger partial charge in [0, 0.05) is 0 Å². The zero-order valence-corrected chi connectivity index (χ0v) is 5.64. The Morgan fingerprint density at radius 2 is 1.89 bits per heavy atom. The number of allylic oxidation sites excluding steroid dienone is 5. The SMILES string of the molecule is C=C/C=C(/C=C)CC=C. The molecule has 0 amide bonds. The fourth-order valence-electron chi connectivity index (χ4n) is 0.537. The van der Waals surface area contributed by atoms with Crippen molar-refractivity contribution < 1.29 is 0 Å². The van der Waals surface area contributed by atoms with Crippen LogP contribution in [0.1, 0.15) is 6.42 Å². The van der Waals surface area contributed by atoms with E-state index in [2.05, 4.69) is 19.7 Å². The maximum Gasteiger partial charge on any atom is -0.0100 e. The van der Waals surface area contributed by atoms with Crippen molar-refractivity contribution in [1.29, 1.82) is 0 Å². The topological polar surface area (TPSA) is 0 Å². The molecule has 9 heavy (non-hydrogen) atoms. The molecule has 0 heteroatoms. The normalized spacial score (nSPS) is 10.4. The Kier molecular flexibility index (Phi) is 4.51. The van der Waals surface area contributed by atoms with E-state index < -0.39 is 0 Å². The molecule has 0 aromatic rings. The van der Waals surface area contributed by atoms with Gasteiger partial charge in [-0.05, 0) is 12.0 Å². The highest BCUT2D eigenvalue weighted by molar-refractivity contribution is 5.22. The quantitative estimate of drug-likeness (QED) is 0.395. The summed E-state index contributed by atoms with van der Waals surface area (Å²) >= 11 is 0. The molecule has 0 N–H and O–H groups in total. The van der Waals surface area contributed by atoms with Crippen molar-refractivity contribution in [3.63, 3.8) is 0 Å². The molecular formula is C9H12. The standard InChI is InChI=1S/C9H12/c1-4-7-9(6-3)8-5-2/h4-7H,1-3,8H2/b9-7-. The molecule has 0 saturated heterocycles. The molecule has 0 aliphatic carbocycles. The van der Waals surface area contributed by atoms with E-state index in [9.17, 15) is 0 Å². The van der Waals surface area contributed by atoms with Gasteiger partial charge < -0.3 is 0 Å². The van der Waals surface area contributed by atoms with Gasteiger partial charge in [-0.1, -0.05) is 37.5 Å². The first-order valence-corrected chi connectivity index (χ1v) is 2.90. The number of rotatable bonds is 4. The number of hydrogen-bond donors (Lipinski definition) is 0. The lowest BCUT2D eigenvalue weighted by atomic mass is 10.2. The van der Waals surface area contributed by atoms with E-state index in [-0.39, 0.29) is 0 Å². The van der Waals surface area contributed by atoms with E-state index in [4.69, 9.17) is 0 Å². The molecule has 0 bridgehead atoms. The molecule has 0 radical (unpaired) electrons. The van der Waals surface area contributed by atoms with Gasteiger partial charge in [0.1, 0.15) is 0 Å². The average Bonchev–Trinajstić information content (AvgIpc) is 1.88. The van der Waals surface area contributed by atoms with Crippen LogP contribution in [0.4, 0.5) is 0 Å². The summed E-state index contributed by atoms with van der Waals surface area (Å²) < 4.78 is 0. The van der Waals surface area contributed by atoms with Crippen LogP contribution in [-0.4, -0.2) is 0 Å². The average molecular weight is 120 g/mol. The van der Waals surface area contributed by atoms with Crippen LogP contribution in [0, 0.1) is 0 Å². The predicted molar refractivity (Wildman–Crippen MR) is 43.3 cm³/mol. The Hall–Kier alpha value is -1.04. The summed E-state index contributed by atoms with van der Waals surface area (Å²) in [6, 6.07) is 0. The maximum absolute atomic E-state index is 3.63. The van der Waals surface area contributed by atoms with Crippen LogP contribution in [0.25, 0.3) is 0 Å². The third-order valence-electron chi connectivity index (χ3n) is 0.974. The zero-order valence-electron chi connectivity index (χ0n) is 5.64. The molecule has 0 spiro atoms. The van der Waals surface area contributed by atoms with Crippen LogP contribution in [-0.2, 0) is 0 Å². The van der Waals surface area contributed by atoms with Crippen molar-refractivity contribution in [1.82, 2.24) is 0 Å². The van der Waals surface area contributed by atoms with Crippen molar-refractivity contribution in [2.75, 3.05) is 0 Å². The van der Waals surface area contributed by atoms with Gasteiger partial charge in [-0.2, -0.15) is 0 Å². The van der Waals surface area contributed by atoms with Gasteiger partial charge in [0.25, 0.3) is 0 Å². The lowest BCUT2D eigenvalue weighted by Gasteiger charge is -1.90. The summed E-state index contributed by atoms with van der Waals surface area (Å²) in [7, 11) is 0. The van der Waals surface area contributed by atoms with Crippen LogP contribution in [0.2, 0.25) is 0 Å². The summed E-state index contributed by atoms with van der Waals surface area (Å²) in [5.41, 5.74) is 1.15. The Morgan fingerprint density at radius 1 is 1.22 bits per heavy atom. The van der Waals surface area contributed by atoms with Gasteiger partial charge in [0.2, 0.25) is 0 Å². The Balaban J connectivity index is 3.95. The lowest BCUT2D eigenvalue weighted by Crippen LogP contribution is -1.70. The van der Waals surface area contributed by atoms with Crippen LogP contribution in [0.15, 0.2) is 49.6 Å². The second kappa shape index (κ2) is 5.10. The lowest BCUT2D eigenvalue weighted by molar-refractivity contribution is 1.30. The third kappa shape index (κ3) is 3.53. The Bertz CT molecular complexity index is 138. The molecule has 48 valence electrons. The Morgan fingerprint density at radius 3 is 2.22 bits per heavy atom. The molecule has 0 aliphatic heterocycles. The third-order valence-corrected chi connectivity index (χ3v) is 0.974. The van der Waals surface area contributed by atoms with Gasteiger partial charge in [-0.25, -0.2) is 0 Å².